The molecule has 1 aliphatic carbocycles. The molecule has 0 radical (unpaired) electrons. The Morgan fingerprint density at radius 1 is 0.821 bits per heavy atom. The topological polar surface area (TPSA) is 60.4 Å². The number of carbonyl (C=O) groups is 3. The van der Waals surface area contributed by atoms with E-state index in [1.807, 2.05) is 24.3 Å². The first-order valence-electron chi connectivity index (χ1n) is 8.86. The Balaban J connectivity index is 1.69. The first-order chi connectivity index (χ1) is 13.6. The van der Waals surface area contributed by atoms with Crippen LogP contribution in [-0.4, -0.2) is 39.1 Å². The molecule has 0 aliphatic heterocycles. The molecule has 0 saturated carbocycles. The van der Waals surface area contributed by atoms with Crippen molar-refractivity contribution in [3.63, 3.8) is 0 Å². The Morgan fingerprint density at radius 2 is 1.46 bits per heavy atom. The molecule has 1 aliphatic rings. The van der Waals surface area contributed by atoms with Crippen LogP contribution in [0.25, 0.3) is 0 Å². The van der Waals surface area contributed by atoms with E-state index in [1.165, 1.54) is 0 Å². The monoisotopic (exact) mass is 436 g/mol. The van der Waals surface area contributed by atoms with Crippen LogP contribution in [0.1, 0.15) is 49.1 Å². The van der Waals surface area contributed by atoms with Gasteiger partial charge in [0.1, 0.15) is 0 Å². The average molecular weight is 435 g/mol. The molecule has 28 heavy (non-hydrogen) atoms. The Kier molecular flexibility index (Phi) is 4.95. The molecule has 4 rings (SSSR count). The molecule has 0 fully saturated rings. The summed E-state index contributed by atoms with van der Waals surface area (Å²) >= 11 is -0.180. The second kappa shape index (κ2) is 7.55. The zero-order valence-corrected chi connectivity index (χ0v) is 16.8. The van der Waals surface area contributed by atoms with Crippen LogP contribution in [0.4, 0.5) is 0 Å². The molecule has 0 bridgehead atoms. The van der Waals surface area contributed by atoms with Crippen molar-refractivity contribution >= 4 is 41.4 Å². The molecule has 0 atom stereocenters. The minimum atomic E-state index is -0.351. The Labute approximate surface area is 168 Å². The minimum absolute atomic E-state index is 0.106. The summed E-state index contributed by atoms with van der Waals surface area (Å²) in [6.07, 6.45) is 0. The molecule has 5 heteroatoms. The van der Waals surface area contributed by atoms with Crippen molar-refractivity contribution in [3.05, 3.63) is 94.5 Å². The van der Waals surface area contributed by atoms with Gasteiger partial charge in [-0.05, 0) is 0 Å². The maximum atomic E-state index is 13.1. The first kappa shape index (κ1) is 18.4. The van der Waals surface area contributed by atoms with Gasteiger partial charge in [0, 0.05) is 0 Å². The molecular weight excluding hydrogens is 419 g/mol. The predicted octanol–water partition coefficient (Wildman–Crippen LogP) is 2.29. The average Bonchev–Trinajstić information content (AvgIpc) is 2.72. The fourth-order valence-electron chi connectivity index (χ4n) is 3.20. The van der Waals surface area contributed by atoms with Crippen molar-refractivity contribution in [2.45, 2.75) is 6.92 Å². The number of benzene rings is 3. The van der Waals surface area contributed by atoms with Gasteiger partial charge in [0.25, 0.3) is 0 Å². The summed E-state index contributed by atoms with van der Waals surface area (Å²) in [6.45, 7) is 2.10. The predicted molar refractivity (Wildman–Crippen MR) is 107 cm³/mol. The molecule has 0 aromatic heterocycles. The van der Waals surface area contributed by atoms with Crippen LogP contribution in [0.2, 0.25) is 0 Å². The van der Waals surface area contributed by atoms with E-state index in [0.29, 0.717) is 34.4 Å². The Morgan fingerprint density at radius 3 is 2.14 bits per heavy atom. The number of hydrogen-bond donors (Lipinski definition) is 0. The summed E-state index contributed by atoms with van der Waals surface area (Å²) in [7, 11) is 0. The van der Waals surface area contributed by atoms with Gasteiger partial charge in [-0.15, -0.1) is 0 Å². The third kappa shape index (κ3) is 3.19. The molecule has 4 nitrogen and oxygen atoms in total. The molecule has 3 aromatic carbocycles. The van der Waals surface area contributed by atoms with Crippen molar-refractivity contribution in [1.82, 2.24) is 0 Å². The fraction of sp³-hybridized carbons (Fsp3) is 0.0870. The van der Waals surface area contributed by atoms with Gasteiger partial charge in [0.15, 0.2) is 0 Å². The molecular formula is C23H16O4Se. The van der Waals surface area contributed by atoms with Crippen LogP contribution in [-0.2, 0) is 4.74 Å². The molecule has 0 unspecified atom stereocenters. The first-order valence-corrected chi connectivity index (χ1v) is 10.6. The van der Waals surface area contributed by atoms with Crippen molar-refractivity contribution in [2.75, 3.05) is 6.61 Å². The number of esters is 1. The van der Waals surface area contributed by atoms with E-state index in [4.69, 9.17) is 4.74 Å². The number of ether oxygens (including phenoxy) is 1. The van der Waals surface area contributed by atoms with Gasteiger partial charge < -0.3 is 0 Å². The zero-order chi connectivity index (χ0) is 19.7. The second-order valence-electron chi connectivity index (χ2n) is 6.23. The zero-order valence-electron chi connectivity index (χ0n) is 15.1. The molecule has 0 amide bonds. The Hall–Kier alpha value is -3.01. The number of rotatable bonds is 4. The standard InChI is InChI=1S/C23H16O4Se/c1-2-27-23(26)14-10-12-15(13-11-14)28-19-9-5-8-18-20(19)22(25)17-7-4-3-6-16(17)21(18)24/h3-13H,2H2,1H3. The van der Waals surface area contributed by atoms with Crippen molar-refractivity contribution in [2.24, 2.45) is 0 Å². The van der Waals surface area contributed by atoms with Gasteiger partial charge in [-0.2, -0.15) is 0 Å². The number of carbonyl (C=O) groups excluding carboxylic acids is 3. The van der Waals surface area contributed by atoms with E-state index in [9.17, 15) is 14.4 Å². The van der Waals surface area contributed by atoms with Crippen molar-refractivity contribution in [3.8, 4) is 0 Å². The summed E-state index contributed by atoms with van der Waals surface area (Å²) < 4.78 is 6.87. The quantitative estimate of drug-likeness (QED) is 0.365. The fourth-order valence-corrected chi connectivity index (χ4v) is 5.25. The van der Waals surface area contributed by atoms with Crippen LogP contribution in [0.5, 0.6) is 0 Å². The van der Waals surface area contributed by atoms with Gasteiger partial charge >= 0.3 is 169 Å². The van der Waals surface area contributed by atoms with E-state index in [2.05, 4.69) is 0 Å². The normalized spacial score (nSPS) is 12.3. The van der Waals surface area contributed by atoms with E-state index >= 15 is 0 Å². The van der Waals surface area contributed by atoms with Crippen LogP contribution in [0, 0.1) is 0 Å². The van der Waals surface area contributed by atoms with Crippen LogP contribution >= 0.6 is 0 Å². The molecule has 0 spiro atoms. The van der Waals surface area contributed by atoms with E-state index in [0.717, 1.165) is 8.92 Å². The van der Waals surface area contributed by atoms with E-state index in [-0.39, 0.29) is 32.5 Å². The summed E-state index contributed by atoms with van der Waals surface area (Å²) in [5, 5.41) is 0. The molecule has 3 aromatic rings. The third-order valence-corrected chi connectivity index (χ3v) is 6.75. The SMILES string of the molecule is CCOC(=O)c1ccc([Se]c2cccc3c2C(=O)c2ccccc2C3=O)cc1. The number of hydrogen-bond acceptors (Lipinski definition) is 4. The van der Waals surface area contributed by atoms with Gasteiger partial charge in [0.05, 0.1) is 0 Å². The number of ketones is 2. The van der Waals surface area contributed by atoms with Crippen LogP contribution in [0.3, 0.4) is 0 Å². The summed E-state index contributed by atoms with van der Waals surface area (Å²) in [4.78, 5) is 37.7. The van der Waals surface area contributed by atoms with Gasteiger partial charge in [0.2, 0.25) is 0 Å². The molecule has 0 N–H and O–H groups in total. The van der Waals surface area contributed by atoms with E-state index < -0.39 is 0 Å². The van der Waals surface area contributed by atoms with Crippen molar-refractivity contribution in [1.29, 1.82) is 0 Å². The summed E-state index contributed by atoms with van der Waals surface area (Å²) in [5.41, 5.74) is 2.38. The van der Waals surface area contributed by atoms with Gasteiger partial charge in [-0.25, -0.2) is 0 Å². The molecule has 138 valence electrons. The summed E-state index contributed by atoms with van der Waals surface area (Å²) in [6, 6.07) is 19.6. The molecule has 0 heterocycles. The van der Waals surface area contributed by atoms with Crippen LogP contribution < -0.4 is 8.92 Å². The van der Waals surface area contributed by atoms with E-state index in [1.54, 1.807) is 49.4 Å². The van der Waals surface area contributed by atoms with Gasteiger partial charge in [-0.3, -0.25) is 0 Å². The van der Waals surface area contributed by atoms with Crippen LogP contribution in [0.15, 0.2) is 66.7 Å². The van der Waals surface area contributed by atoms with Crippen molar-refractivity contribution < 1.29 is 19.1 Å². The summed E-state index contributed by atoms with van der Waals surface area (Å²) in [5.74, 6) is -0.567. The number of fused-ring (bicyclic) bond motifs is 2. The maximum absolute atomic E-state index is 13.1. The Bertz CT molecular complexity index is 1100. The molecule has 0 saturated heterocycles. The third-order valence-electron chi connectivity index (χ3n) is 4.51. The second-order valence-corrected chi connectivity index (χ2v) is 8.57. The van der Waals surface area contributed by atoms with Gasteiger partial charge in [-0.1, -0.05) is 0 Å².